The zero-order valence-corrected chi connectivity index (χ0v) is 30.4. The third-order valence-corrected chi connectivity index (χ3v) is 13.5. The number of nitrogens with zero attached hydrogens (tertiary/aromatic N) is 5. The van der Waals surface area contributed by atoms with E-state index in [0.717, 1.165) is 27.9 Å². The van der Waals surface area contributed by atoms with Crippen LogP contribution in [0.3, 0.4) is 0 Å². The molecule has 5 atom stereocenters. The lowest BCUT2D eigenvalue weighted by Crippen LogP contribution is -2.46. The monoisotopic (exact) mass is 714 g/mol. The van der Waals surface area contributed by atoms with Crippen molar-refractivity contribution in [1.82, 2.24) is 24.8 Å². The molecule has 0 saturated carbocycles. The lowest BCUT2D eigenvalue weighted by molar-refractivity contribution is -0.146. The molecule has 1 unspecified atom stereocenters. The number of aliphatic hydroxyl groups excluding tert-OH is 1. The van der Waals surface area contributed by atoms with Gasteiger partial charge in [-0.2, -0.15) is 0 Å². The third kappa shape index (κ3) is 5.62. The number of hydrogen-bond acceptors (Lipinski definition) is 7. The smallest absolute Gasteiger partial charge is 0.279 e. The predicted molar refractivity (Wildman–Crippen MR) is 201 cm³/mol. The highest BCUT2D eigenvalue weighted by molar-refractivity contribution is 6.71. The molecule has 4 aromatic carbocycles. The fraction of sp³-hybridized carbons (Fsp3) is 0.300. The summed E-state index contributed by atoms with van der Waals surface area (Å²) in [4.78, 5) is 41.3. The molecular formula is C40H42N6O5Si. The number of benzene rings is 4. The molecule has 266 valence electrons. The van der Waals surface area contributed by atoms with E-state index in [4.69, 9.17) is 4.74 Å². The third-order valence-electron chi connectivity index (χ3n) is 11.0. The van der Waals surface area contributed by atoms with Crippen molar-refractivity contribution >= 4 is 30.8 Å². The van der Waals surface area contributed by atoms with E-state index in [1.165, 1.54) is 4.68 Å². The van der Waals surface area contributed by atoms with Gasteiger partial charge in [-0.25, -0.2) is 4.68 Å². The van der Waals surface area contributed by atoms with Gasteiger partial charge in [0.15, 0.2) is 13.9 Å². The van der Waals surface area contributed by atoms with Gasteiger partial charge in [0.25, 0.3) is 11.5 Å². The number of aromatic amines is 1. The second-order valence-corrected chi connectivity index (χ2v) is 18.5. The molecule has 4 heterocycles. The second kappa shape index (κ2) is 13.1. The van der Waals surface area contributed by atoms with Crippen LogP contribution in [0.1, 0.15) is 41.6 Å². The quantitative estimate of drug-likeness (QED) is 0.160. The topological polar surface area (TPSA) is 138 Å². The van der Waals surface area contributed by atoms with Crippen LogP contribution in [0.4, 0.5) is 5.69 Å². The van der Waals surface area contributed by atoms with Crippen molar-refractivity contribution in [2.24, 2.45) is 5.92 Å². The Kier molecular flexibility index (Phi) is 8.57. The van der Waals surface area contributed by atoms with E-state index in [2.05, 4.69) is 15.4 Å². The molecule has 52 heavy (non-hydrogen) atoms. The summed E-state index contributed by atoms with van der Waals surface area (Å²) in [5.41, 5.74) is 4.03. The van der Waals surface area contributed by atoms with Crippen molar-refractivity contribution in [3.63, 3.8) is 0 Å². The van der Waals surface area contributed by atoms with E-state index >= 15 is 0 Å². The van der Waals surface area contributed by atoms with E-state index in [-0.39, 0.29) is 35.5 Å². The van der Waals surface area contributed by atoms with Crippen LogP contribution < -0.4 is 10.5 Å². The van der Waals surface area contributed by atoms with Crippen molar-refractivity contribution < 1.29 is 19.4 Å². The van der Waals surface area contributed by atoms with Crippen LogP contribution in [0.5, 0.6) is 0 Å². The normalized spacial score (nSPS) is 22.1. The zero-order chi connectivity index (χ0) is 36.2. The molecule has 1 saturated heterocycles. The van der Waals surface area contributed by atoms with E-state index in [9.17, 15) is 19.5 Å². The van der Waals surface area contributed by atoms with Crippen LogP contribution >= 0.6 is 0 Å². The summed E-state index contributed by atoms with van der Waals surface area (Å²) in [6.07, 6.45) is 1.98. The summed E-state index contributed by atoms with van der Waals surface area (Å²) in [5, 5.41) is 22.7. The summed E-state index contributed by atoms with van der Waals surface area (Å²) in [6.45, 7) is 6.59. The van der Waals surface area contributed by atoms with E-state index in [0.29, 0.717) is 36.3 Å². The molecule has 2 aliphatic rings. The van der Waals surface area contributed by atoms with Gasteiger partial charge >= 0.3 is 0 Å². The number of aryl methyl sites for hydroxylation is 1. The Labute approximate surface area is 302 Å². The average Bonchev–Trinajstić information content (AvgIpc) is 3.89. The Balaban J connectivity index is 1.05. The van der Waals surface area contributed by atoms with Crippen molar-refractivity contribution in [2.45, 2.75) is 62.7 Å². The Bertz CT molecular complexity index is 2300. The summed E-state index contributed by atoms with van der Waals surface area (Å²) in [5.74, 6) is -0.717. The number of carbonyl (C=O) groups is 1. The second-order valence-electron chi connectivity index (χ2n) is 14.6. The highest BCUT2D eigenvalue weighted by Crippen LogP contribution is 2.59. The molecule has 8 rings (SSSR count). The van der Waals surface area contributed by atoms with E-state index < -0.39 is 20.0 Å². The molecule has 2 aliphatic heterocycles. The molecule has 1 fully saturated rings. The number of aliphatic hydroxyl groups is 1. The van der Waals surface area contributed by atoms with Crippen LogP contribution in [-0.2, 0) is 28.2 Å². The minimum absolute atomic E-state index is 0.0901. The summed E-state index contributed by atoms with van der Waals surface area (Å²) < 4.78 is 10.3. The SMILES string of the molecule is C[C@@H]1[C@@H]([Si](C)(C)O)[C@H](CCn2cc(C(CO)c3ccccc3)nn2)O[C@@]12C(=O)N(Cc1ccc(-n3[nH]c4ccccc4c3=O)cc1)c1ccccc12. The fourth-order valence-corrected chi connectivity index (χ4v) is 11.1. The van der Waals surface area contributed by atoms with Gasteiger partial charge in [0.05, 0.1) is 53.1 Å². The minimum Gasteiger partial charge on any atom is -0.432 e. The van der Waals surface area contributed by atoms with Gasteiger partial charge in [-0.05, 0) is 61.0 Å². The van der Waals surface area contributed by atoms with Gasteiger partial charge in [0, 0.05) is 29.8 Å². The first-order valence-corrected chi connectivity index (χ1v) is 20.8. The standard InChI is InChI=1S/C40H42N6O5Si/c1-26-37(52(2,3)50)36(21-22-44-24-34(41-43-44)31(25-47)28-11-5-4-6-12-28)51-40(26)32-14-8-10-16-35(32)45(39(40)49)23-27-17-19-29(20-18-27)46-38(48)30-13-7-9-15-33(30)42-46/h4-20,24,26,31,36-37,42,47,50H,21-23,25H2,1-3H3/t26-,31?,36+,37-,40+/m1/s1. The van der Waals surface area contributed by atoms with Crippen molar-refractivity contribution in [3.05, 3.63) is 142 Å². The lowest BCUT2D eigenvalue weighted by Gasteiger charge is -2.32. The summed E-state index contributed by atoms with van der Waals surface area (Å²) in [7, 11) is -2.85. The minimum atomic E-state index is -2.85. The van der Waals surface area contributed by atoms with Crippen LogP contribution in [0, 0.1) is 5.92 Å². The average molecular weight is 715 g/mol. The molecule has 6 aromatic rings. The van der Waals surface area contributed by atoms with Gasteiger partial charge in [-0.15, -0.1) is 5.10 Å². The van der Waals surface area contributed by atoms with Crippen molar-refractivity contribution in [2.75, 3.05) is 11.5 Å². The predicted octanol–water partition coefficient (Wildman–Crippen LogP) is 5.47. The lowest BCUT2D eigenvalue weighted by atomic mass is 9.82. The summed E-state index contributed by atoms with van der Waals surface area (Å²) in [6, 6.07) is 32.6. The van der Waals surface area contributed by atoms with Gasteiger partial charge in [-0.1, -0.05) is 84.9 Å². The number of nitrogens with one attached hydrogen (secondary N) is 1. The van der Waals surface area contributed by atoms with Crippen LogP contribution in [0.25, 0.3) is 16.6 Å². The van der Waals surface area contributed by atoms with Crippen LogP contribution in [0.2, 0.25) is 18.6 Å². The molecule has 12 heteroatoms. The number of fused-ring (bicyclic) bond motifs is 3. The number of amides is 1. The van der Waals surface area contributed by atoms with Gasteiger partial charge in [-0.3, -0.25) is 19.4 Å². The molecule has 11 nitrogen and oxygen atoms in total. The Morgan fingerprint density at radius 1 is 0.942 bits per heavy atom. The number of anilines is 1. The fourth-order valence-electron chi connectivity index (χ4n) is 8.53. The molecular weight excluding hydrogens is 673 g/mol. The zero-order valence-electron chi connectivity index (χ0n) is 29.4. The number of H-pyrrole nitrogens is 1. The molecule has 0 bridgehead atoms. The maximum Gasteiger partial charge on any atom is 0.279 e. The van der Waals surface area contributed by atoms with E-state index in [1.807, 2.05) is 123 Å². The van der Waals surface area contributed by atoms with Gasteiger partial charge in [0.2, 0.25) is 0 Å². The maximum absolute atomic E-state index is 14.8. The Morgan fingerprint density at radius 3 is 2.38 bits per heavy atom. The van der Waals surface area contributed by atoms with Crippen LogP contribution in [-0.4, -0.2) is 61.6 Å². The Hall–Kier alpha value is -5.14. The molecule has 2 aromatic heterocycles. The number of carbonyl (C=O) groups excluding carboxylic acids is 1. The molecule has 1 amide bonds. The number of ether oxygens (including phenoxy) is 1. The van der Waals surface area contributed by atoms with Crippen molar-refractivity contribution in [1.29, 1.82) is 0 Å². The highest BCUT2D eigenvalue weighted by atomic mass is 28.4. The van der Waals surface area contributed by atoms with Gasteiger partial charge < -0.3 is 19.5 Å². The van der Waals surface area contributed by atoms with Gasteiger partial charge in [0.1, 0.15) is 0 Å². The molecule has 3 N–H and O–H groups in total. The van der Waals surface area contributed by atoms with Crippen molar-refractivity contribution in [3.8, 4) is 5.69 Å². The molecule has 1 spiro atoms. The van der Waals surface area contributed by atoms with E-state index in [1.54, 1.807) is 15.6 Å². The van der Waals surface area contributed by atoms with Crippen LogP contribution in [0.15, 0.2) is 114 Å². The highest BCUT2D eigenvalue weighted by Gasteiger charge is 2.66. The number of hydrogen-bond donors (Lipinski definition) is 3. The number of rotatable bonds is 10. The largest absolute Gasteiger partial charge is 0.432 e. The first kappa shape index (κ1) is 34.0. The number of aromatic nitrogens is 5. The Morgan fingerprint density at radius 2 is 1.65 bits per heavy atom. The first-order chi connectivity index (χ1) is 25.1. The number of para-hydroxylation sites is 2. The maximum atomic E-state index is 14.8. The molecule has 0 radical (unpaired) electrons. The molecule has 0 aliphatic carbocycles. The first-order valence-electron chi connectivity index (χ1n) is 17.8. The summed E-state index contributed by atoms with van der Waals surface area (Å²) >= 11 is 0.